The van der Waals surface area contributed by atoms with Crippen molar-refractivity contribution >= 4 is 23.8 Å². The Morgan fingerprint density at radius 3 is 2.44 bits per heavy atom. The van der Waals surface area contributed by atoms with Gasteiger partial charge in [-0.2, -0.15) is 0 Å². The van der Waals surface area contributed by atoms with Gasteiger partial charge in [0, 0.05) is 47.1 Å². The van der Waals surface area contributed by atoms with Gasteiger partial charge in [-0.25, -0.2) is 0 Å². The summed E-state index contributed by atoms with van der Waals surface area (Å²) in [4.78, 5) is 12.6. The molecule has 1 aliphatic rings. The van der Waals surface area contributed by atoms with Gasteiger partial charge in [-0.05, 0) is 30.7 Å². The molecule has 7 heteroatoms. The second-order valence-corrected chi connectivity index (χ2v) is 6.23. The molecule has 2 rings (SSSR count). The monoisotopic (exact) mass is 420 g/mol. The summed E-state index contributed by atoms with van der Waals surface area (Å²) in [6.45, 7) is 6.42. The SMILES string of the molecule is CCOC(=O)CC(=N)O.CN1/C(=C\C=C\C=N)C(C)(C)c2ccccc21.[Cu]. The first kappa shape index (κ1) is 24.6. The summed E-state index contributed by atoms with van der Waals surface area (Å²) >= 11 is 0. The van der Waals surface area contributed by atoms with Crippen molar-refractivity contribution in [2.24, 2.45) is 0 Å². The van der Waals surface area contributed by atoms with E-state index in [4.69, 9.17) is 15.9 Å². The van der Waals surface area contributed by atoms with E-state index >= 15 is 0 Å². The van der Waals surface area contributed by atoms with E-state index in [2.05, 4.69) is 60.9 Å². The molecule has 1 aliphatic heterocycles. The third-order valence-electron chi connectivity index (χ3n) is 4.02. The maximum atomic E-state index is 10.3. The number of anilines is 1. The van der Waals surface area contributed by atoms with Crippen molar-refractivity contribution in [3.05, 3.63) is 53.8 Å². The summed E-state index contributed by atoms with van der Waals surface area (Å²) in [6.07, 6.45) is 6.72. The van der Waals surface area contributed by atoms with E-state index in [-0.39, 0.29) is 35.5 Å². The minimum Gasteiger partial charge on any atom is -0.496 e. The zero-order chi connectivity index (χ0) is 19.7. The summed E-state index contributed by atoms with van der Waals surface area (Å²) in [5, 5.41) is 21.7. The zero-order valence-electron chi connectivity index (χ0n) is 16.0. The molecule has 3 N–H and O–H groups in total. The predicted molar refractivity (Wildman–Crippen MR) is 105 cm³/mol. The van der Waals surface area contributed by atoms with Crippen LogP contribution < -0.4 is 4.90 Å². The van der Waals surface area contributed by atoms with Crippen LogP contribution in [0.1, 0.15) is 32.8 Å². The van der Waals surface area contributed by atoms with Crippen LogP contribution in [0.3, 0.4) is 0 Å². The minimum absolute atomic E-state index is 0. The number of likely N-dealkylation sites (N-methyl/N-ethyl adjacent to an activating group) is 1. The second-order valence-electron chi connectivity index (χ2n) is 6.23. The van der Waals surface area contributed by atoms with Crippen LogP contribution in [0, 0.1) is 10.8 Å². The number of carbonyl (C=O) groups is 1. The van der Waals surface area contributed by atoms with E-state index in [0.29, 0.717) is 0 Å². The van der Waals surface area contributed by atoms with Crippen molar-refractivity contribution in [2.75, 3.05) is 18.6 Å². The third-order valence-corrected chi connectivity index (χ3v) is 4.02. The average Bonchev–Trinajstić information content (AvgIpc) is 2.76. The van der Waals surface area contributed by atoms with E-state index in [0.717, 1.165) is 0 Å². The van der Waals surface area contributed by atoms with E-state index < -0.39 is 11.9 Å². The first-order chi connectivity index (χ1) is 12.3. The van der Waals surface area contributed by atoms with E-state index in [1.54, 1.807) is 13.0 Å². The first-order valence-corrected chi connectivity index (χ1v) is 8.38. The Morgan fingerprint density at radius 2 is 1.93 bits per heavy atom. The van der Waals surface area contributed by atoms with E-state index in [1.807, 2.05) is 6.08 Å². The number of ether oxygens (including phenoxy) is 1. The molecule has 0 aliphatic carbocycles. The van der Waals surface area contributed by atoms with Gasteiger partial charge >= 0.3 is 5.97 Å². The van der Waals surface area contributed by atoms with Crippen LogP contribution in [0.15, 0.2) is 48.2 Å². The summed E-state index contributed by atoms with van der Waals surface area (Å²) in [5.74, 6) is -1.22. The fourth-order valence-electron chi connectivity index (χ4n) is 2.85. The van der Waals surface area contributed by atoms with Crippen LogP contribution in [-0.2, 0) is 32.0 Å². The molecule has 0 bridgehead atoms. The number of esters is 1. The molecule has 0 fully saturated rings. The molecule has 27 heavy (non-hydrogen) atoms. The number of nitrogens with one attached hydrogen (secondary N) is 2. The second kappa shape index (κ2) is 11.4. The number of rotatable bonds is 5. The first-order valence-electron chi connectivity index (χ1n) is 8.38. The Balaban J connectivity index is 0.000000584. The Bertz CT molecular complexity index is 727. The topological polar surface area (TPSA) is 97.5 Å². The molecular formula is C20H27CuN3O3. The minimum atomic E-state index is -0.659. The Morgan fingerprint density at radius 1 is 1.30 bits per heavy atom. The van der Waals surface area contributed by atoms with Crippen LogP contribution in [0.2, 0.25) is 0 Å². The van der Waals surface area contributed by atoms with Gasteiger partial charge in [-0.1, -0.05) is 38.1 Å². The molecule has 1 heterocycles. The van der Waals surface area contributed by atoms with Gasteiger partial charge in [-0.3, -0.25) is 10.2 Å². The summed E-state index contributed by atoms with van der Waals surface area (Å²) in [7, 11) is 2.09. The van der Waals surface area contributed by atoms with Crippen LogP contribution in [-0.4, -0.2) is 36.8 Å². The van der Waals surface area contributed by atoms with Crippen LogP contribution >= 0.6 is 0 Å². The Kier molecular flexibility index (Phi) is 10.4. The van der Waals surface area contributed by atoms with E-state index in [9.17, 15) is 4.79 Å². The van der Waals surface area contributed by atoms with Gasteiger partial charge in [0.15, 0.2) is 5.90 Å². The van der Waals surface area contributed by atoms with Crippen molar-refractivity contribution in [1.82, 2.24) is 0 Å². The zero-order valence-corrected chi connectivity index (χ0v) is 17.0. The molecule has 6 nitrogen and oxygen atoms in total. The smallest absolute Gasteiger partial charge is 0.315 e. The van der Waals surface area contributed by atoms with Crippen molar-refractivity contribution < 1.29 is 31.7 Å². The van der Waals surface area contributed by atoms with Crippen LogP contribution in [0.25, 0.3) is 0 Å². The molecular weight excluding hydrogens is 394 g/mol. The fraction of sp³-hybridized carbons (Fsp3) is 0.350. The number of hydrogen-bond donors (Lipinski definition) is 3. The van der Waals surface area contributed by atoms with Crippen LogP contribution in [0.4, 0.5) is 5.69 Å². The van der Waals surface area contributed by atoms with Crippen molar-refractivity contribution in [3.8, 4) is 0 Å². The maximum absolute atomic E-state index is 10.3. The normalized spacial score (nSPS) is 15.4. The summed E-state index contributed by atoms with van der Waals surface area (Å²) < 4.78 is 4.41. The number of carbonyl (C=O) groups excluding carboxylic acids is 1. The van der Waals surface area contributed by atoms with Gasteiger partial charge in [0.25, 0.3) is 0 Å². The van der Waals surface area contributed by atoms with Crippen molar-refractivity contribution in [1.29, 1.82) is 10.8 Å². The molecule has 0 amide bonds. The standard InChI is InChI=1S/C15H18N2.C5H9NO3.Cu/c1-15(2)12-8-4-5-9-13(12)17(3)14(15)10-6-7-11-16;1-2-9-5(8)3-4(6)7;/h4-11,16H,1-3H3;2-3H2,1H3,(H2,6,7);/b7-6+,14-10-,16-11?;;. The van der Waals surface area contributed by atoms with Gasteiger partial charge in [0.1, 0.15) is 6.42 Å². The van der Waals surface area contributed by atoms with Gasteiger partial charge < -0.3 is 20.2 Å². The van der Waals surface area contributed by atoms with Crippen molar-refractivity contribution in [2.45, 2.75) is 32.6 Å². The molecule has 0 unspecified atom stereocenters. The number of aliphatic hydroxyl groups is 1. The van der Waals surface area contributed by atoms with Crippen molar-refractivity contribution in [3.63, 3.8) is 0 Å². The summed E-state index contributed by atoms with van der Waals surface area (Å²) in [6, 6.07) is 8.50. The van der Waals surface area contributed by atoms with Gasteiger partial charge in [0.05, 0.1) is 6.61 Å². The summed E-state index contributed by atoms with van der Waals surface area (Å²) in [5.41, 5.74) is 3.92. The number of benzene rings is 1. The fourth-order valence-corrected chi connectivity index (χ4v) is 2.85. The molecule has 1 radical (unpaired) electrons. The van der Waals surface area contributed by atoms with Gasteiger partial charge in [-0.15, -0.1) is 0 Å². The predicted octanol–water partition coefficient (Wildman–Crippen LogP) is 3.98. The number of aliphatic hydroxyl groups excluding tert-OH is 1. The number of hydrogen-bond acceptors (Lipinski definition) is 5. The number of allylic oxidation sites excluding steroid dienone is 4. The molecule has 0 spiro atoms. The largest absolute Gasteiger partial charge is 0.496 e. The number of para-hydroxylation sites is 1. The number of nitrogens with zero attached hydrogens (tertiary/aromatic N) is 1. The molecule has 0 atom stereocenters. The number of fused-ring (bicyclic) bond motifs is 1. The molecule has 1 aromatic rings. The third kappa shape index (κ3) is 6.70. The molecule has 151 valence electrons. The van der Waals surface area contributed by atoms with Gasteiger partial charge in [0.2, 0.25) is 0 Å². The maximum Gasteiger partial charge on any atom is 0.315 e. The Labute approximate surface area is 171 Å². The molecule has 1 aromatic carbocycles. The average molecular weight is 421 g/mol. The quantitative estimate of drug-likeness (QED) is 0.290. The Hall–Kier alpha value is -2.37. The molecule has 0 saturated carbocycles. The molecule has 0 saturated heterocycles. The molecule has 0 aromatic heterocycles. The van der Waals surface area contributed by atoms with Crippen LogP contribution in [0.5, 0.6) is 0 Å². The van der Waals surface area contributed by atoms with E-state index in [1.165, 1.54) is 23.2 Å².